The third-order valence-corrected chi connectivity index (χ3v) is 5.60. The predicted octanol–water partition coefficient (Wildman–Crippen LogP) is 1.67. The van der Waals surface area contributed by atoms with E-state index in [4.69, 9.17) is 5.73 Å². The summed E-state index contributed by atoms with van der Waals surface area (Å²) in [5.41, 5.74) is 4.81. The molecule has 1 aromatic heterocycles. The van der Waals surface area contributed by atoms with Gasteiger partial charge in [-0.15, -0.1) is 0 Å². The third-order valence-electron chi connectivity index (χ3n) is 5.60. The summed E-state index contributed by atoms with van der Waals surface area (Å²) >= 11 is 0. The average molecular weight is 439 g/mol. The van der Waals surface area contributed by atoms with Gasteiger partial charge in [0.25, 0.3) is 0 Å². The van der Waals surface area contributed by atoms with Gasteiger partial charge in [-0.25, -0.2) is 9.97 Å². The molecule has 3 heterocycles. The van der Waals surface area contributed by atoms with E-state index < -0.39 is 11.9 Å². The summed E-state index contributed by atoms with van der Waals surface area (Å²) in [4.78, 5) is 28.1. The Morgan fingerprint density at radius 2 is 2.06 bits per heavy atom. The second kappa shape index (κ2) is 9.21. The smallest absolute Gasteiger partial charge is 0.404 e. The Morgan fingerprint density at radius 1 is 1.32 bits per heavy atom. The van der Waals surface area contributed by atoms with Gasteiger partial charge < -0.3 is 20.9 Å². The molecule has 0 radical (unpaired) electrons. The fourth-order valence-corrected chi connectivity index (χ4v) is 3.55. The maximum atomic E-state index is 13.4. The number of hydrogen-bond donors (Lipinski definition) is 2. The van der Waals surface area contributed by atoms with Crippen molar-refractivity contribution >= 4 is 23.6 Å². The molecule has 2 fully saturated rings. The van der Waals surface area contributed by atoms with Gasteiger partial charge >= 0.3 is 6.18 Å². The highest BCUT2D eigenvalue weighted by molar-refractivity contribution is 6.09. The van der Waals surface area contributed by atoms with Crippen molar-refractivity contribution in [1.82, 2.24) is 20.2 Å². The number of alkyl halides is 3. The number of carbonyl (C=O) groups is 1. The van der Waals surface area contributed by atoms with Crippen LogP contribution in [-0.2, 0) is 11.0 Å². The summed E-state index contributed by atoms with van der Waals surface area (Å²) in [6.07, 6.45) is -1.33. The van der Waals surface area contributed by atoms with Crippen molar-refractivity contribution in [3.8, 4) is 0 Å². The standard InChI is InChI=1S/C20H28F3N7O/c1-12-11-30(14(3)8-26-12)18(31)10-25-9-15(7-24)16-6-17(20(21,22)23)28-19(27-16)29-5-4-13(29)2/h6-7,9,12-14,26H,4-5,8,10-11,24H2,1-3H3/b15-7+,25-9?/t12-,13+,14+/m1/s1. The number of aromatic nitrogens is 2. The summed E-state index contributed by atoms with van der Waals surface area (Å²) < 4.78 is 40.1. The number of rotatable bonds is 5. The van der Waals surface area contributed by atoms with Crippen molar-refractivity contribution in [1.29, 1.82) is 0 Å². The van der Waals surface area contributed by atoms with Gasteiger partial charge in [-0.1, -0.05) is 0 Å². The molecule has 3 N–H and O–H groups in total. The van der Waals surface area contributed by atoms with Gasteiger partial charge in [0.1, 0.15) is 6.54 Å². The molecular weight excluding hydrogens is 411 g/mol. The summed E-state index contributed by atoms with van der Waals surface area (Å²) in [6.45, 7) is 7.58. The lowest BCUT2D eigenvalue weighted by molar-refractivity contribution is -0.141. The maximum Gasteiger partial charge on any atom is 0.433 e. The Bertz CT molecular complexity index is 871. The number of nitrogens with one attached hydrogen (secondary N) is 1. The minimum absolute atomic E-state index is 0.0102. The lowest BCUT2D eigenvalue weighted by Gasteiger charge is -2.39. The zero-order valence-electron chi connectivity index (χ0n) is 17.9. The van der Waals surface area contributed by atoms with E-state index in [1.807, 2.05) is 20.8 Å². The Labute approximate surface area is 179 Å². The third kappa shape index (κ3) is 5.33. The lowest BCUT2D eigenvalue weighted by Crippen LogP contribution is -2.56. The van der Waals surface area contributed by atoms with Crippen molar-refractivity contribution in [3.63, 3.8) is 0 Å². The first kappa shape index (κ1) is 23.0. The van der Waals surface area contributed by atoms with Crippen molar-refractivity contribution in [3.05, 3.63) is 23.7 Å². The fourth-order valence-electron chi connectivity index (χ4n) is 3.55. The van der Waals surface area contributed by atoms with Crippen LogP contribution in [0.5, 0.6) is 0 Å². The highest BCUT2D eigenvalue weighted by Crippen LogP contribution is 2.32. The second-order valence-electron chi connectivity index (χ2n) is 8.06. The number of piperazine rings is 1. The van der Waals surface area contributed by atoms with Crippen molar-refractivity contribution < 1.29 is 18.0 Å². The van der Waals surface area contributed by atoms with Crippen LogP contribution in [-0.4, -0.2) is 71.3 Å². The Morgan fingerprint density at radius 3 is 2.65 bits per heavy atom. The van der Waals surface area contributed by atoms with Gasteiger partial charge in [-0.05, 0) is 33.3 Å². The number of carbonyl (C=O) groups excluding carboxylic acids is 1. The molecule has 1 aromatic rings. The van der Waals surface area contributed by atoms with E-state index in [1.54, 1.807) is 9.80 Å². The van der Waals surface area contributed by atoms with Gasteiger partial charge in [-0.2, -0.15) is 13.2 Å². The summed E-state index contributed by atoms with van der Waals surface area (Å²) in [5, 5.41) is 3.30. The average Bonchev–Trinajstić information content (AvgIpc) is 2.70. The molecule has 0 bridgehead atoms. The van der Waals surface area contributed by atoms with E-state index in [-0.39, 0.29) is 47.8 Å². The Hall–Kier alpha value is -2.69. The molecule has 31 heavy (non-hydrogen) atoms. The molecule has 11 heteroatoms. The maximum absolute atomic E-state index is 13.4. The number of nitrogens with two attached hydrogens (primary N) is 1. The minimum atomic E-state index is -4.62. The lowest BCUT2D eigenvalue weighted by atomic mass is 10.1. The molecular formula is C20H28F3N7O. The van der Waals surface area contributed by atoms with E-state index in [2.05, 4.69) is 20.3 Å². The normalized spacial score (nSPS) is 25.1. The number of aliphatic imine (C=N–C) groups is 1. The number of hydrogen-bond acceptors (Lipinski definition) is 7. The molecule has 2 saturated heterocycles. The van der Waals surface area contributed by atoms with Crippen LogP contribution in [0.3, 0.4) is 0 Å². The highest BCUT2D eigenvalue weighted by Gasteiger charge is 2.36. The zero-order valence-corrected chi connectivity index (χ0v) is 17.9. The molecule has 0 unspecified atom stereocenters. The Balaban J connectivity index is 1.78. The molecule has 170 valence electrons. The van der Waals surface area contributed by atoms with Gasteiger partial charge in [0.05, 0.1) is 5.69 Å². The van der Waals surface area contributed by atoms with Crippen molar-refractivity contribution in [2.45, 2.75) is 51.5 Å². The van der Waals surface area contributed by atoms with E-state index in [0.29, 0.717) is 19.6 Å². The van der Waals surface area contributed by atoms with Crippen LogP contribution >= 0.6 is 0 Å². The van der Waals surface area contributed by atoms with E-state index in [9.17, 15) is 18.0 Å². The first-order valence-corrected chi connectivity index (χ1v) is 10.3. The number of allylic oxidation sites excluding steroid dienone is 1. The number of halogens is 3. The molecule has 1 amide bonds. The van der Waals surface area contributed by atoms with Crippen molar-refractivity contribution in [2.24, 2.45) is 10.7 Å². The SMILES string of the molecule is C[C@@H]1CN(C(=O)CN=C/C(=C\N)c2cc(C(F)(F)F)nc(N3CC[C@@H]3C)n2)[C@@H](C)CN1. The first-order chi connectivity index (χ1) is 14.6. The number of amides is 1. The minimum Gasteiger partial charge on any atom is -0.404 e. The second-order valence-corrected chi connectivity index (χ2v) is 8.06. The van der Waals surface area contributed by atoms with Crippen molar-refractivity contribution in [2.75, 3.05) is 31.1 Å². The first-order valence-electron chi connectivity index (χ1n) is 10.3. The zero-order chi connectivity index (χ0) is 22.8. The van der Waals surface area contributed by atoms with Crippen LogP contribution < -0.4 is 16.0 Å². The van der Waals surface area contributed by atoms with Crippen LogP contribution in [0.2, 0.25) is 0 Å². The molecule has 2 aliphatic heterocycles. The van der Waals surface area contributed by atoms with Gasteiger partial charge in [-0.3, -0.25) is 9.79 Å². The van der Waals surface area contributed by atoms with Gasteiger partial charge in [0, 0.05) is 55.7 Å². The summed E-state index contributed by atoms with van der Waals surface area (Å²) in [5.74, 6) is -0.140. The Kier molecular flexibility index (Phi) is 6.83. The molecule has 8 nitrogen and oxygen atoms in total. The molecule has 3 atom stereocenters. The van der Waals surface area contributed by atoms with E-state index >= 15 is 0 Å². The molecule has 2 aliphatic rings. The molecule has 0 aliphatic carbocycles. The number of anilines is 1. The summed E-state index contributed by atoms with van der Waals surface area (Å²) in [6, 6.07) is 1.14. The van der Waals surface area contributed by atoms with Gasteiger partial charge in [0.2, 0.25) is 11.9 Å². The largest absolute Gasteiger partial charge is 0.433 e. The van der Waals surface area contributed by atoms with E-state index in [1.165, 1.54) is 6.21 Å². The topological polar surface area (TPSA) is 99.7 Å². The molecule has 3 rings (SSSR count). The van der Waals surface area contributed by atoms with Crippen LogP contribution in [0.25, 0.3) is 5.57 Å². The molecule has 0 spiro atoms. The van der Waals surface area contributed by atoms with Crippen LogP contribution in [0.15, 0.2) is 17.3 Å². The monoisotopic (exact) mass is 439 g/mol. The fraction of sp³-hybridized carbons (Fsp3) is 0.600. The van der Waals surface area contributed by atoms with Crippen LogP contribution in [0.4, 0.5) is 19.1 Å². The van der Waals surface area contributed by atoms with Crippen LogP contribution in [0, 0.1) is 0 Å². The molecule has 0 saturated carbocycles. The van der Waals surface area contributed by atoms with Gasteiger partial charge in [0.15, 0.2) is 5.69 Å². The quantitative estimate of drug-likeness (QED) is 0.677. The van der Waals surface area contributed by atoms with E-state index in [0.717, 1.165) is 18.7 Å². The number of nitrogens with zero attached hydrogens (tertiary/aromatic N) is 5. The summed E-state index contributed by atoms with van der Waals surface area (Å²) in [7, 11) is 0. The highest BCUT2D eigenvalue weighted by atomic mass is 19.4. The molecule has 0 aromatic carbocycles. The predicted molar refractivity (Wildman–Crippen MR) is 113 cm³/mol. The van der Waals surface area contributed by atoms with Crippen LogP contribution in [0.1, 0.15) is 38.6 Å².